The number of hydrogen-bond acceptors (Lipinski definition) is 6. The maximum absolute atomic E-state index is 5.61. The molecule has 2 rings (SSSR count). The van der Waals surface area contributed by atoms with Crippen LogP contribution in [0, 0.1) is 0 Å². The second kappa shape index (κ2) is 4.47. The highest BCUT2D eigenvalue weighted by atomic mass is 16.5. The second-order valence-electron chi connectivity index (χ2n) is 3.18. The van der Waals surface area contributed by atoms with Crippen LogP contribution >= 0.6 is 0 Å². The molecule has 0 saturated heterocycles. The summed E-state index contributed by atoms with van der Waals surface area (Å²) in [6, 6.07) is 7.21. The van der Waals surface area contributed by atoms with Crippen LogP contribution in [0.2, 0.25) is 0 Å². The van der Waals surface area contributed by atoms with E-state index in [1.807, 2.05) is 12.1 Å². The first-order chi connectivity index (χ1) is 7.75. The molecule has 0 fully saturated rings. The van der Waals surface area contributed by atoms with Gasteiger partial charge in [-0.2, -0.15) is 0 Å². The summed E-state index contributed by atoms with van der Waals surface area (Å²) in [7, 11) is 0. The molecule has 16 heavy (non-hydrogen) atoms. The van der Waals surface area contributed by atoms with Crippen molar-refractivity contribution in [3.05, 3.63) is 24.3 Å². The second-order valence-corrected chi connectivity index (χ2v) is 3.18. The molecule has 84 valence electrons. The lowest BCUT2D eigenvalue weighted by atomic mass is 10.3. The Labute approximate surface area is 92.0 Å². The Morgan fingerprint density at radius 1 is 1.31 bits per heavy atom. The van der Waals surface area contributed by atoms with Gasteiger partial charge in [-0.25, -0.2) is 4.68 Å². The van der Waals surface area contributed by atoms with Gasteiger partial charge in [0.05, 0.1) is 6.54 Å². The Hall–Kier alpha value is -2.31. The zero-order valence-electron chi connectivity index (χ0n) is 8.58. The van der Waals surface area contributed by atoms with Crippen LogP contribution in [0.3, 0.4) is 0 Å². The minimum absolute atomic E-state index is 0.274. The summed E-state index contributed by atoms with van der Waals surface area (Å²) in [5, 5.41) is 10.7. The van der Waals surface area contributed by atoms with Gasteiger partial charge < -0.3 is 16.2 Å². The molecule has 0 bridgehead atoms. The van der Waals surface area contributed by atoms with Crippen LogP contribution in [-0.4, -0.2) is 26.8 Å². The molecule has 0 unspecified atom stereocenters. The Morgan fingerprint density at radius 2 is 2.19 bits per heavy atom. The van der Waals surface area contributed by atoms with Crippen molar-refractivity contribution < 1.29 is 4.74 Å². The number of ether oxygens (including phenoxy) is 1. The van der Waals surface area contributed by atoms with E-state index in [-0.39, 0.29) is 5.95 Å². The number of benzene rings is 1. The van der Waals surface area contributed by atoms with Crippen LogP contribution in [0.5, 0.6) is 5.75 Å². The number of rotatable bonds is 4. The van der Waals surface area contributed by atoms with Gasteiger partial charge in [0, 0.05) is 11.8 Å². The number of nitrogens with two attached hydrogens (primary N) is 2. The molecule has 0 aliphatic carbocycles. The quantitative estimate of drug-likeness (QED) is 0.698. The summed E-state index contributed by atoms with van der Waals surface area (Å²) in [6.07, 6.45) is 0. The summed E-state index contributed by atoms with van der Waals surface area (Å²) in [5.41, 5.74) is 11.8. The van der Waals surface area contributed by atoms with E-state index < -0.39 is 0 Å². The standard InChI is InChI=1S/C9H12N6O/c10-7-2-1-3-8(6-7)16-5-4-15-9(11)12-13-14-15/h1-3,6H,4-5,10H2,(H2,11,12,14). The highest BCUT2D eigenvalue weighted by molar-refractivity contribution is 5.43. The van der Waals surface area contributed by atoms with Crippen LogP contribution in [0.4, 0.5) is 11.6 Å². The van der Waals surface area contributed by atoms with Gasteiger partial charge in [-0.1, -0.05) is 11.2 Å². The molecule has 0 spiro atoms. The molecule has 4 N–H and O–H groups in total. The van der Waals surface area contributed by atoms with Gasteiger partial charge in [0.15, 0.2) is 0 Å². The number of anilines is 2. The summed E-state index contributed by atoms with van der Waals surface area (Å²) < 4.78 is 6.93. The Balaban J connectivity index is 1.87. The maximum Gasteiger partial charge on any atom is 0.240 e. The van der Waals surface area contributed by atoms with Crippen molar-refractivity contribution in [1.29, 1.82) is 0 Å². The fraction of sp³-hybridized carbons (Fsp3) is 0.222. The molecule has 1 heterocycles. The predicted molar refractivity (Wildman–Crippen MR) is 58.6 cm³/mol. The molecule has 2 aromatic rings. The molecule has 0 amide bonds. The number of nitrogens with zero attached hydrogens (tertiary/aromatic N) is 4. The van der Waals surface area contributed by atoms with Gasteiger partial charge in [0.2, 0.25) is 5.95 Å². The largest absolute Gasteiger partial charge is 0.492 e. The molecule has 0 aliphatic rings. The van der Waals surface area contributed by atoms with Crippen LogP contribution < -0.4 is 16.2 Å². The van der Waals surface area contributed by atoms with Gasteiger partial charge in [-0.05, 0) is 22.6 Å². The zero-order chi connectivity index (χ0) is 11.4. The van der Waals surface area contributed by atoms with Crippen molar-refractivity contribution in [2.75, 3.05) is 18.1 Å². The van der Waals surface area contributed by atoms with Crippen molar-refractivity contribution in [3.63, 3.8) is 0 Å². The summed E-state index contributed by atoms with van der Waals surface area (Å²) in [5.74, 6) is 0.989. The molecule has 0 saturated carbocycles. The van der Waals surface area contributed by atoms with Gasteiger partial charge in [-0.3, -0.25) is 0 Å². The first-order valence-electron chi connectivity index (χ1n) is 4.75. The number of hydrogen-bond donors (Lipinski definition) is 2. The minimum Gasteiger partial charge on any atom is -0.492 e. The van der Waals surface area contributed by atoms with E-state index in [0.717, 1.165) is 0 Å². The van der Waals surface area contributed by atoms with Gasteiger partial charge in [0.1, 0.15) is 12.4 Å². The van der Waals surface area contributed by atoms with Gasteiger partial charge in [-0.15, -0.1) is 0 Å². The lowest BCUT2D eigenvalue weighted by molar-refractivity contribution is 0.291. The molecular weight excluding hydrogens is 208 g/mol. The third kappa shape index (κ3) is 2.38. The summed E-state index contributed by atoms with van der Waals surface area (Å²) in [4.78, 5) is 0. The summed E-state index contributed by atoms with van der Waals surface area (Å²) >= 11 is 0. The van der Waals surface area contributed by atoms with Gasteiger partial charge >= 0.3 is 0 Å². The van der Waals surface area contributed by atoms with E-state index in [4.69, 9.17) is 16.2 Å². The van der Waals surface area contributed by atoms with Crippen molar-refractivity contribution in [1.82, 2.24) is 20.2 Å². The van der Waals surface area contributed by atoms with E-state index >= 15 is 0 Å². The maximum atomic E-state index is 5.61. The van der Waals surface area contributed by atoms with Crippen molar-refractivity contribution in [3.8, 4) is 5.75 Å². The SMILES string of the molecule is Nc1cccc(OCCn2nnnc2N)c1. The molecule has 7 heteroatoms. The van der Waals surface area contributed by atoms with Crippen LogP contribution in [0.25, 0.3) is 0 Å². The highest BCUT2D eigenvalue weighted by Gasteiger charge is 2.00. The average Bonchev–Trinajstić information content (AvgIpc) is 2.65. The lowest BCUT2D eigenvalue weighted by Crippen LogP contribution is -2.12. The molecule has 0 atom stereocenters. The Morgan fingerprint density at radius 3 is 2.88 bits per heavy atom. The fourth-order valence-electron chi connectivity index (χ4n) is 1.23. The fourth-order valence-corrected chi connectivity index (χ4v) is 1.23. The van der Waals surface area contributed by atoms with E-state index in [1.165, 1.54) is 4.68 Å². The molecule has 1 aromatic heterocycles. The third-order valence-corrected chi connectivity index (χ3v) is 1.99. The topological polar surface area (TPSA) is 105 Å². The average molecular weight is 220 g/mol. The van der Waals surface area contributed by atoms with Gasteiger partial charge in [0.25, 0.3) is 0 Å². The minimum atomic E-state index is 0.274. The van der Waals surface area contributed by atoms with Crippen LogP contribution in [0.1, 0.15) is 0 Å². The lowest BCUT2D eigenvalue weighted by Gasteiger charge is -2.06. The number of aromatic nitrogens is 4. The molecule has 1 aromatic carbocycles. The molecular formula is C9H12N6O. The van der Waals surface area contributed by atoms with Crippen LogP contribution in [0.15, 0.2) is 24.3 Å². The van der Waals surface area contributed by atoms with Crippen LogP contribution in [-0.2, 0) is 6.54 Å². The van der Waals surface area contributed by atoms with E-state index in [9.17, 15) is 0 Å². The molecule has 0 radical (unpaired) electrons. The van der Waals surface area contributed by atoms with Crippen molar-refractivity contribution in [2.24, 2.45) is 0 Å². The first-order valence-corrected chi connectivity index (χ1v) is 4.75. The summed E-state index contributed by atoms with van der Waals surface area (Å²) in [6.45, 7) is 0.923. The van der Waals surface area contributed by atoms with Crippen molar-refractivity contribution in [2.45, 2.75) is 6.54 Å². The van der Waals surface area contributed by atoms with E-state index in [2.05, 4.69) is 15.5 Å². The normalized spacial score (nSPS) is 10.2. The zero-order valence-corrected chi connectivity index (χ0v) is 8.58. The molecule has 0 aliphatic heterocycles. The predicted octanol–water partition coefficient (Wildman–Crippen LogP) is -0.0835. The van der Waals surface area contributed by atoms with E-state index in [0.29, 0.717) is 24.6 Å². The monoisotopic (exact) mass is 220 g/mol. The number of tetrazole rings is 1. The first kappa shape index (κ1) is 10.2. The highest BCUT2D eigenvalue weighted by Crippen LogP contribution is 2.14. The van der Waals surface area contributed by atoms with E-state index in [1.54, 1.807) is 12.1 Å². The Bertz CT molecular complexity index is 469. The van der Waals surface area contributed by atoms with Crippen molar-refractivity contribution >= 4 is 11.6 Å². The number of nitrogen functional groups attached to an aromatic ring is 2. The molecule has 7 nitrogen and oxygen atoms in total. The smallest absolute Gasteiger partial charge is 0.240 e. The Kier molecular flexibility index (Phi) is 2.86. The third-order valence-electron chi connectivity index (χ3n) is 1.99.